The van der Waals surface area contributed by atoms with Crippen LogP contribution in [-0.2, 0) is 6.54 Å². The molecule has 0 atom stereocenters. The second-order valence-electron chi connectivity index (χ2n) is 4.79. The molecule has 1 heterocycles. The van der Waals surface area contributed by atoms with Crippen LogP contribution in [0.5, 0.6) is 0 Å². The van der Waals surface area contributed by atoms with Gasteiger partial charge in [-0.3, -0.25) is 4.79 Å². The Labute approximate surface area is 119 Å². The molecule has 0 aliphatic carbocycles. The zero-order valence-corrected chi connectivity index (χ0v) is 11.7. The third kappa shape index (κ3) is 3.48. The molecule has 0 spiro atoms. The Morgan fingerprint density at radius 1 is 1.25 bits per heavy atom. The summed E-state index contributed by atoms with van der Waals surface area (Å²) in [7, 11) is 0. The van der Waals surface area contributed by atoms with Crippen LogP contribution < -0.4 is 5.73 Å². The van der Waals surface area contributed by atoms with E-state index in [4.69, 9.17) is 10.2 Å². The van der Waals surface area contributed by atoms with Gasteiger partial charge in [0.15, 0.2) is 5.76 Å². The molecule has 1 aromatic heterocycles. The molecule has 2 aromatic rings. The molecule has 0 saturated carbocycles. The number of rotatable bonds is 6. The molecule has 2 rings (SSSR count). The van der Waals surface area contributed by atoms with E-state index in [-0.39, 0.29) is 5.91 Å². The quantitative estimate of drug-likeness (QED) is 0.879. The van der Waals surface area contributed by atoms with Crippen LogP contribution in [-0.4, -0.2) is 23.9 Å². The number of hydrogen-bond donors (Lipinski definition) is 1. The summed E-state index contributed by atoms with van der Waals surface area (Å²) < 4.78 is 5.30. The third-order valence-corrected chi connectivity index (χ3v) is 3.19. The van der Waals surface area contributed by atoms with Crippen LogP contribution in [0.15, 0.2) is 47.1 Å². The molecular weight excluding hydrogens is 252 g/mol. The van der Waals surface area contributed by atoms with Gasteiger partial charge in [-0.1, -0.05) is 30.3 Å². The summed E-state index contributed by atoms with van der Waals surface area (Å²) in [4.78, 5) is 14.3. The minimum atomic E-state index is -0.0789. The van der Waals surface area contributed by atoms with E-state index in [0.717, 1.165) is 17.5 Å². The van der Waals surface area contributed by atoms with Crippen LogP contribution in [0, 0.1) is 6.92 Å². The van der Waals surface area contributed by atoms with Crippen molar-refractivity contribution < 1.29 is 9.21 Å². The molecular formula is C16H20N2O2. The van der Waals surface area contributed by atoms with Crippen molar-refractivity contribution in [1.29, 1.82) is 0 Å². The highest BCUT2D eigenvalue weighted by Crippen LogP contribution is 2.15. The molecule has 0 fully saturated rings. The smallest absolute Gasteiger partial charge is 0.290 e. The van der Waals surface area contributed by atoms with Gasteiger partial charge in [0.25, 0.3) is 5.91 Å². The molecule has 1 aromatic carbocycles. The SMILES string of the molecule is Cc1ccoc1C(=O)N(CCCN)Cc1ccccc1. The first kappa shape index (κ1) is 14.3. The number of aryl methyl sites for hydroxylation is 1. The fourth-order valence-electron chi connectivity index (χ4n) is 2.07. The minimum Gasteiger partial charge on any atom is -0.459 e. The van der Waals surface area contributed by atoms with E-state index >= 15 is 0 Å². The number of amides is 1. The maximum atomic E-state index is 12.5. The standard InChI is InChI=1S/C16H20N2O2/c1-13-8-11-20-15(13)16(19)18(10-5-9-17)12-14-6-3-2-4-7-14/h2-4,6-8,11H,5,9-10,12,17H2,1H3. The molecule has 2 N–H and O–H groups in total. The molecule has 20 heavy (non-hydrogen) atoms. The number of benzene rings is 1. The van der Waals surface area contributed by atoms with Gasteiger partial charge in [0, 0.05) is 18.7 Å². The van der Waals surface area contributed by atoms with Crippen LogP contribution >= 0.6 is 0 Å². The predicted molar refractivity (Wildman–Crippen MR) is 78.3 cm³/mol. The van der Waals surface area contributed by atoms with Crippen molar-refractivity contribution in [2.24, 2.45) is 5.73 Å². The van der Waals surface area contributed by atoms with Gasteiger partial charge in [-0.15, -0.1) is 0 Å². The molecule has 106 valence electrons. The lowest BCUT2D eigenvalue weighted by atomic mass is 10.2. The lowest BCUT2D eigenvalue weighted by molar-refractivity contribution is 0.0709. The summed E-state index contributed by atoms with van der Waals surface area (Å²) in [5.74, 6) is 0.336. The van der Waals surface area contributed by atoms with Crippen LogP contribution in [0.2, 0.25) is 0 Å². The van der Waals surface area contributed by atoms with Crippen molar-refractivity contribution in [3.8, 4) is 0 Å². The van der Waals surface area contributed by atoms with Gasteiger partial charge in [-0.25, -0.2) is 0 Å². The average molecular weight is 272 g/mol. The molecule has 0 unspecified atom stereocenters. The summed E-state index contributed by atoms with van der Waals surface area (Å²) in [5, 5.41) is 0. The van der Waals surface area contributed by atoms with Gasteiger partial charge >= 0.3 is 0 Å². The Hall–Kier alpha value is -2.07. The van der Waals surface area contributed by atoms with Crippen LogP contribution in [0.4, 0.5) is 0 Å². The number of nitrogens with two attached hydrogens (primary N) is 1. The van der Waals surface area contributed by atoms with E-state index in [1.165, 1.54) is 0 Å². The zero-order chi connectivity index (χ0) is 14.4. The number of carbonyl (C=O) groups is 1. The molecule has 0 bridgehead atoms. The summed E-state index contributed by atoms with van der Waals surface area (Å²) in [5.41, 5.74) is 7.52. The Bertz CT molecular complexity index is 549. The Balaban J connectivity index is 2.15. The lowest BCUT2D eigenvalue weighted by Gasteiger charge is -2.22. The van der Waals surface area contributed by atoms with Crippen LogP contribution in [0.3, 0.4) is 0 Å². The van der Waals surface area contributed by atoms with Crippen molar-refractivity contribution in [2.45, 2.75) is 19.9 Å². The van der Waals surface area contributed by atoms with E-state index in [9.17, 15) is 4.79 Å². The largest absolute Gasteiger partial charge is 0.459 e. The van der Waals surface area contributed by atoms with E-state index in [2.05, 4.69) is 0 Å². The monoisotopic (exact) mass is 272 g/mol. The number of hydrogen-bond acceptors (Lipinski definition) is 3. The number of furan rings is 1. The zero-order valence-electron chi connectivity index (χ0n) is 11.7. The van der Waals surface area contributed by atoms with Gasteiger partial charge < -0.3 is 15.1 Å². The first-order valence-corrected chi connectivity index (χ1v) is 6.79. The van der Waals surface area contributed by atoms with Gasteiger partial charge in [0.05, 0.1) is 6.26 Å². The summed E-state index contributed by atoms with van der Waals surface area (Å²) in [6.45, 7) is 3.64. The number of nitrogens with zero attached hydrogens (tertiary/aromatic N) is 1. The Kier molecular flexibility index (Phi) is 4.96. The third-order valence-electron chi connectivity index (χ3n) is 3.19. The molecule has 0 radical (unpaired) electrons. The van der Waals surface area contributed by atoms with Crippen molar-refractivity contribution in [3.05, 3.63) is 59.5 Å². The van der Waals surface area contributed by atoms with E-state index in [0.29, 0.717) is 25.4 Å². The lowest BCUT2D eigenvalue weighted by Crippen LogP contribution is -2.32. The first-order chi connectivity index (χ1) is 9.72. The van der Waals surface area contributed by atoms with E-state index in [1.54, 1.807) is 17.2 Å². The highest BCUT2D eigenvalue weighted by Gasteiger charge is 2.20. The second kappa shape index (κ2) is 6.91. The summed E-state index contributed by atoms with van der Waals surface area (Å²) >= 11 is 0. The molecule has 1 amide bonds. The van der Waals surface area contributed by atoms with Crippen molar-refractivity contribution in [1.82, 2.24) is 4.90 Å². The van der Waals surface area contributed by atoms with E-state index in [1.807, 2.05) is 37.3 Å². The molecule has 4 heteroatoms. The second-order valence-corrected chi connectivity index (χ2v) is 4.79. The van der Waals surface area contributed by atoms with E-state index < -0.39 is 0 Å². The Morgan fingerprint density at radius 3 is 2.60 bits per heavy atom. The average Bonchev–Trinajstić information content (AvgIpc) is 2.90. The fraction of sp³-hybridized carbons (Fsp3) is 0.312. The van der Waals surface area contributed by atoms with Crippen molar-refractivity contribution >= 4 is 5.91 Å². The van der Waals surface area contributed by atoms with Gasteiger partial charge in [0.2, 0.25) is 0 Å². The molecule has 0 aliphatic heterocycles. The number of carbonyl (C=O) groups excluding carboxylic acids is 1. The van der Waals surface area contributed by atoms with Gasteiger partial charge in [0.1, 0.15) is 0 Å². The normalized spacial score (nSPS) is 10.5. The van der Waals surface area contributed by atoms with Crippen LogP contribution in [0.1, 0.15) is 28.1 Å². The highest BCUT2D eigenvalue weighted by molar-refractivity contribution is 5.92. The minimum absolute atomic E-state index is 0.0789. The molecule has 0 saturated heterocycles. The van der Waals surface area contributed by atoms with Crippen LogP contribution in [0.25, 0.3) is 0 Å². The predicted octanol–water partition coefficient (Wildman–Crippen LogP) is 2.58. The van der Waals surface area contributed by atoms with Gasteiger partial charge in [-0.2, -0.15) is 0 Å². The summed E-state index contributed by atoms with van der Waals surface area (Å²) in [6, 6.07) is 11.7. The summed E-state index contributed by atoms with van der Waals surface area (Å²) in [6.07, 6.45) is 2.32. The first-order valence-electron chi connectivity index (χ1n) is 6.79. The van der Waals surface area contributed by atoms with Crippen molar-refractivity contribution in [3.63, 3.8) is 0 Å². The highest BCUT2D eigenvalue weighted by atomic mass is 16.3. The van der Waals surface area contributed by atoms with Crippen molar-refractivity contribution in [2.75, 3.05) is 13.1 Å². The molecule has 4 nitrogen and oxygen atoms in total. The maximum absolute atomic E-state index is 12.5. The Morgan fingerprint density at radius 2 is 2.00 bits per heavy atom. The topological polar surface area (TPSA) is 59.5 Å². The molecule has 0 aliphatic rings. The maximum Gasteiger partial charge on any atom is 0.290 e. The fourth-order valence-corrected chi connectivity index (χ4v) is 2.07. The van der Waals surface area contributed by atoms with Gasteiger partial charge in [-0.05, 0) is 31.5 Å².